The van der Waals surface area contributed by atoms with Crippen LogP contribution in [0.5, 0.6) is 0 Å². The lowest BCUT2D eigenvalue weighted by Gasteiger charge is -2.36. The summed E-state index contributed by atoms with van der Waals surface area (Å²) in [5.74, 6) is 0. The third-order valence-corrected chi connectivity index (χ3v) is 4.32. The molecule has 0 spiro atoms. The fourth-order valence-electron chi connectivity index (χ4n) is 2.94. The largest absolute Gasteiger partial charge is 0.394 e. The quantitative estimate of drug-likeness (QED) is 0.885. The van der Waals surface area contributed by atoms with Crippen molar-refractivity contribution in [2.75, 3.05) is 31.6 Å². The minimum absolute atomic E-state index is 0.185. The van der Waals surface area contributed by atoms with E-state index in [-0.39, 0.29) is 12.6 Å². The third kappa shape index (κ3) is 3.10. The minimum Gasteiger partial charge on any atom is -0.394 e. The molecular formula is C16H26N2O. The minimum atomic E-state index is 0.185. The first-order chi connectivity index (χ1) is 9.02. The van der Waals surface area contributed by atoms with E-state index in [1.807, 2.05) is 0 Å². The molecule has 1 saturated heterocycles. The van der Waals surface area contributed by atoms with Crippen LogP contribution >= 0.6 is 0 Å². The predicted octanol–water partition coefficient (Wildman–Crippen LogP) is 2.19. The molecule has 19 heavy (non-hydrogen) atoms. The van der Waals surface area contributed by atoms with Gasteiger partial charge in [0.25, 0.3) is 0 Å². The molecule has 2 atom stereocenters. The van der Waals surface area contributed by atoms with Crippen LogP contribution in [-0.4, -0.2) is 48.8 Å². The monoisotopic (exact) mass is 262 g/mol. The zero-order valence-corrected chi connectivity index (χ0v) is 12.6. The molecule has 0 amide bonds. The fraction of sp³-hybridized carbons (Fsp3) is 0.625. The summed E-state index contributed by atoms with van der Waals surface area (Å²) < 4.78 is 0. The van der Waals surface area contributed by atoms with Gasteiger partial charge in [-0.1, -0.05) is 6.07 Å². The smallest absolute Gasteiger partial charge is 0.0650 e. The van der Waals surface area contributed by atoms with Crippen LogP contribution in [0.15, 0.2) is 18.2 Å². The van der Waals surface area contributed by atoms with Crippen LogP contribution < -0.4 is 4.90 Å². The Morgan fingerprint density at radius 2 is 2.00 bits per heavy atom. The average Bonchev–Trinajstić information content (AvgIpc) is 2.52. The van der Waals surface area contributed by atoms with E-state index in [9.17, 15) is 5.11 Å². The first kappa shape index (κ1) is 14.4. The molecule has 2 unspecified atom stereocenters. The maximum Gasteiger partial charge on any atom is 0.0650 e. The van der Waals surface area contributed by atoms with E-state index in [2.05, 4.69) is 55.8 Å². The number of benzene rings is 1. The average molecular weight is 262 g/mol. The van der Waals surface area contributed by atoms with Crippen molar-refractivity contribution >= 4 is 5.69 Å². The van der Waals surface area contributed by atoms with Crippen molar-refractivity contribution in [2.24, 2.45) is 0 Å². The maximum absolute atomic E-state index is 9.74. The van der Waals surface area contributed by atoms with Crippen LogP contribution in [0, 0.1) is 13.8 Å². The second kappa shape index (κ2) is 5.93. The van der Waals surface area contributed by atoms with E-state index in [1.165, 1.54) is 16.8 Å². The molecule has 3 nitrogen and oxygen atoms in total. The second-order valence-electron chi connectivity index (χ2n) is 5.91. The summed E-state index contributed by atoms with van der Waals surface area (Å²) in [4.78, 5) is 4.72. The summed E-state index contributed by atoms with van der Waals surface area (Å²) in [7, 11) is 2.14. The van der Waals surface area contributed by atoms with Gasteiger partial charge >= 0.3 is 0 Å². The molecule has 1 aromatic carbocycles. The molecule has 0 bridgehead atoms. The van der Waals surface area contributed by atoms with Crippen LogP contribution in [0.25, 0.3) is 0 Å². The molecule has 106 valence electrons. The summed E-state index contributed by atoms with van der Waals surface area (Å²) in [6.07, 6.45) is 1.14. The van der Waals surface area contributed by atoms with Crippen molar-refractivity contribution < 1.29 is 5.11 Å². The zero-order chi connectivity index (χ0) is 14.0. The van der Waals surface area contributed by atoms with Crippen molar-refractivity contribution in [2.45, 2.75) is 39.3 Å². The summed E-state index contributed by atoms with van der Waals surface area (Å²) in [5, 5.41) is 9.74. The molecule has 1 heterocycles. The molecule has 0 aliphatic carbocycles. The summed E-state index contributed by atoms with van der Waals surface area (Å²) >= 11 is 0. The van der Waals surface area contributed by atoms with Crippen LogP contribution in [-0.2, 0) is 0 Å². The number of hydrogen-bond acceptors (Lipinski definition) is 3. The molecule has 0 aromatic heterocycles. The molecule has 1 aliphatic heterocycles. The number of rotatable bonds is 2. The summed E-state index contributed by atoms with van der Waals surface area (Å²) in [5.41, 5.74) is 3.88. The van der Waals surface area contributed by atoms with Gasteiger partial charge in [-0.2, -0.15) is 0 Å². The predicted molar refractivity (Wildman–Crippen MR) is 80.8 cm³/mol. The Labute approximate surface area is 116 Å². The standard InChI is InChI=1S/C16H26N2O/c1-12-5-6-15(9-13(12)2)18-14(3)7-8-17(4)10-16(18)11-19/h5-6,9,14,16,19H,7-8,10-11H2,1-4H3. The van der Waals surface area contributed by atoms with E-state index >= 15 is 0 Å². The summed E-state index contributed by atoms with van der Waals surface area (Å²) in [6.45, 7) is 8.79. The molecule has 1 aromatic rings. The highest BCUT2D eigenvalue weighted by atomic mass is 16.3. The highest BCUT2D eigenvalue weighted by molar-refractivity contribution is 5.52. The Morgan fingerprint density at radius 3 is 2.63 bits per heavy atom. The van der Waals surface area contributed by atoms with Crippen LogP contribution in [0.2, 0.25) is 0 Å². The number of aliphatic hydroxyl groups excluding tert-OH is 1. The Bertz CT molecular complexity index is 433. The number of likely N-dealkylation sites (N-methyl/N-ethyl adjacent to an activating group) is 1. The Hall–Kier alpha value is -1.06. The molecule has 1 fully saturated rings. The van der Waals surface area contributed by atoms with Crippen molar-refractivity contribution in [3.63, 3.8) is 0 Å². The van der Waals surface area contributed by atoms with Crippen LogP contribution in [0.4, 0.5) is 5.69 Å². The normalized spacial score (nSPS) is 25.4. The van der Waals surface area contributed by atoms with E-state index in [0.717, 1.165) is 19.5 Å². The Balaban J connectivity index is 2.34. The summed E-state index contributed by atoms with van der Waals surface area (Å²) in [6, 6.07) is 7.27. The highest BCUT2D eigenvalue weighted by Gasteiger charge is 2.28. The number of nitrogens with zero attached hydrogens (tertiary/aromatic N) is 2. The Morgan fingerprint density at radius 1 is 1.26 bits per heavy atom. The molecule has 0 radical (unpaired) electrons. The highest BCUT2D eigenvalue weighted by Crippen LogP contribution is 2.26. The topological polar surface area (TPSA) is 26.7 Å². The van der Waals surface area contributed by atoms with E-state index in [1.54, 1.807) is 0 Å². The van der Waals surface area contributed by atoms with Gasteiger partial charge in [-0.25, -0.2) is 0 Å². The number of aliphatic hydroxyl groups is 1. The molecule has 2 rings (SSSR count). The van der Waals surface area contributed by atoms with Gasteiger partial charge in [0, 0.05) is 18.3 Å². The zero-order valence-electron chi connectivity index (χ0n) is 12.6. The van der Waals surface area contributed by atoms with Crippen LogP contribution in [0.3, 0.4) is 0 Å². The van der Waals surface area contributed by atoms with E-state index in [0.29, 0.717) is 6.04 Å². The lowest BCUT2D eigenvalue weighted by molar-refractivity contribution is 0.228. The molecule has 3 heteroatoms. The van der Waals surface area contributed by atoms with Gasteiger partial charge in [-0.3, -0.25) is 0 Å². The van der Waals surface area contributed by atoms with Crippen LogP contribution in [0.1, 0.15) is 24.5 Å². The second-order valence-corrected chi connectivity index (χ2v) is 5.91. The van der Waals surface area contributed by atoms with Gasteiger partial charge in [0.15, 0.2) is 0 Å². The first-order valence-electron chi connectivity index (χ1n) is 7.18. The first-order valence-corrected chi connectivity index (χ1v) is 7.18. The molecule has 0 saturated carbocycles. The van der Waals surface area contributed by atoms with E-state index in [4.69, 9.17) is 0 Å². The van der Waals surface area contributed by atoms with Crippen molar-refractivity contribution in [1.29, 1.82) is 0 Å². The van der Waals surface area contributed by atoms with Gasteiger partial charge < -0.3 is 14.9 Å². The van der Waals surface area contributed by atoms with Crippen molar-refractivity contribution in [1.82, 2.24) is 4.90 Å². The van der Waals surface area contributed by atoms with Gasteiger partial charge in [0.05, 0.1) is 12.6 Å². The van der Waals surface area contributed by atoms with E-state index < -0.39 is 0 Å². The molecule has 1 N–H and O–H groups in total. The van der Waals surface area contributed by atoms with Gasteiger partial charge in [0.2, 0.25) is 0 Å². The number of aryl methyl sites for hydroxylation is 2. The lowest BCUT2D eigenvalue weighted by atomic mass is 10.1. The third-order valence-electron chi connectivity index (χ3n) is 4.32. The van der Waals surface area contributed by atoms with Crippen molar-refractivity contribution in [3.05, 3.63) is 29.3 Å². The number of hydrogen-bond donors (Lipinski definition) is 1. The van der Waals surface area contributed by atoms with Gasteiger partial charge in [0.1, 0.15) is 0 Å². The molecule has 1 aliphatic rings. The molecular weight excluding hydrogens is 236 g/mol. The fourth-order valence-corrected chi connectivity index (χ4v) is 2.94. The van der Waals surface area contributed by atoms with Gasteiger partial charge in [-0.15, -0.1) is 0 Å². The lowest BCUT2D eigenvalue weighted by Crippen LogP contribution is -2.46. The number of anilines is 1. The maximum atomic E-state index is 9.74. The van der Waals surface area contributed by atoms with Gasteiger partial charge in [-0.05, 0) is 64.0 Å². The Kier molecular flexibility index (Phi) is 4.48. The SMILES string of the molecule is Cc1ccc(N2C(C)CCN(C)CC2CO)cc1C. The van der Waals surface area contributed by atoms with Crippen molar-refractivity contribution in [3.8, 4) is 0 Å².